The Kier molecular flexibility index (Phi) is 7.27. The van der Waals surface area contributed by atoms with E-state index in [2.05, 4.69) is 117 Å². The molecule has 1 heterocycles. The summed E-state index contributed by atoms with van der Waals surface area (Å²) in [6, 6.07) is 25.2. The number of nitrogens with zero attached hydrogens (tertiary/aromatic N) is 1. The van der Waals surface area contributed by atoms with Crippen LogP contribution in [0.25, 0.3) is 6.08 Å². The van der Waals surface area contributed by atoms with E-state index < -0.39 is 0 Å². The Morgan fingerprint density at radius 1 is 1.03 bits per heavy atom. The van der Waals surface area contributed by atoms with E-state index in [-0.39, 0.29) is 0 Å². The molecule has 2 atom stereocenters. The molecule has 1 aliphatic heterocycles. The molecule has 1 aliphatic carbocycles. The second-order valence-electron chi connectivity index (χ2n) is 9.55. The molecular weight excluding hydrogens is 462 g/mol. The lowest BCUT2D eigenvalue weighted by molar-refractivity contribution is 0.641. The van der Waals surface area contributed by atoms with Crippen molar-refractivity contribution in [3.05, 3.63) is 113 Å². The van der Waals surface area contributed by atoms with Gasteiger partial charge in [-0.05, 0) is 98.2 Å². The van der Waals surface area contributed by atoms with Crippen LogP contribution >= 0.6 is 23.5 Å². The van der Waals surface area contributed by atoms with Gasteiger partial charge in [0.05, 0.1) is 0 Å². The molecule has 5 rings (SSSR count). The van der Waals surface area contributed by atoms with Gasteiger partial charge in [0.25, 0.3) is 0 Å². The zero-order valence-corrected chi connectivity index (χ0v) is 22.5. The number of hydrogen-bond donors (Lipinski definition) is 0. The van der Waals surface area contributed by atoms with E-state index in [9.17, 15) is 0 Å². The number of thioether (sulfide) groups is 2. The van der Waals surface area contributed by atoms with E-state index in [0.717, 1.165) is 4.91 Å². The molecule has 3 aromatic carbocycles. The van der Waals surface area contributed by atoms with Gasteiger partial charge in [0.2, 0.25) is 0 Å². The molecular formula is C32H33NS2. The van der Waals surface area contributed by atoms with Gasteiger partial charge in [-0.25, -0.2) is 0 Å². The van der Waals surface area contributed by atoms with Crippen LogP contribution in [-0.4, -0.2) is 12.3 Å². The number of rotatable bonds is 7. The minimum absolute atomic E-state index is 0.591. The van der Waals surface area contributed by atoms with Gasteiger partial charge in [-0.3, -0.25) is 0 Å². The predicted molar refractivity (Wildman–Crippen MR) is 156 cm³/mol. The van der Waals surface area contributed by atoms with Crippen LogP contribution in [0.15, 0.2) is 106 Å². The maximum atomic E-state index is 4.26. The summed E-state index contributed by atoms with van der Waals surface area (Å²) in [5.41, 5.74) is 8.02. The molecule has 0 aromatic heterocycles. The monoisotopic (exact) mass is 495 g/mol. The molecule has 178 valence electrons. The first-order valence-electron chi connectivity index (χ1n) is 12.4. The second kappa shape index (κ2) is 10.6. The number of benzene rings is 3. The van der Waals surface area contributed by atoms with Crippen LogP contribution in [0.4, 0.5) is 11.4 Å². The smallest absolute Gasteiger partial charge is 0.0450 e. The molecule has 3 aromatic rings. The van der Waals surface area contributed by atoms with Gasteiger partial charge < -0.3 is 4.90 Å². The third kappa shape index (κ3) is 5.17. The van der Waals surface area contributed by atoms with Crippen molar-refractivity contribution < 1.29 is 0 Å². The fourth-order valence-electron chi connectivity index (χ4n) is 5.43. The molecule has 0 spiro atoms. The molecule has 2 unspecified atom stereocenters. The van der Waals surface area contributed by atoms with Crippen LogP contribution in [-0.2, 0) is 0 Å². The van der Waals surface area contributed by atoms with Crippen LogP contribution in [0.3, 0.4) is 0 Å². The lowest BCUT2D eigenvalue weighted by Gasteiger charge is -2.27. The summed E-state index contributed by atoms with van der Waals surface area (Å²) in [5.74, 6) is 0.639. The van der Waals surface area contributed by atoms with E-state index >= 15 is 0 Å². The summed E-state index contributed by atoms with van der Waals surface area (Å²) in [5, 5.41) is 0. The fraction of sp³-hybridized carbons (Fsp3) is 0.250. The van der Waals surface area contributed by atoms with Crippen LogP contribution in [0.5, 0.6) is 0 Å². The van der Waals surface area contributed by atoms with E-state index in [1.165, 1.54) is 62.7 Å². The van der Waals surface area contributed by atoms with Gasteiger partial charge in [0.15, 0.2) is 0 Å². The van der Waals surface area contributed by atoms with Gasteiger partial charge >= 0.3 is 0 Å². The van der Waals surface area contributed by atoms with Crippen LogP contribution < -0.4 is 4.90 Å². The zero-order chi connectivity index (χ0) is 24.4. The standard InChI is InChI=1S/C32H33NS2/c1-22(20-24(3)35-32-11-6-5-8-23(32)2)12-13-25-14-19-31-29(21-25)28-9-7-10-30(28)33(31)26-15-17-27(34-4)18-16-26/h5-6,8,11-21,28,30H,3,7,9-10H2,1-2,4H3/b13-12-,22-20+. The number of fused-ring (bicyclic) bond motifs is 3. The lowest BCUT2D eigenvalue weighted by atomic mass is 9.96. The SMILES string of the molecule is C=C(/C=C(C)/C=C\c1ccc2c(c1)C1CCCC1N2c1ccc(SC)cc1)Sc1ccccc1C. The van der Waals surface area contributed by atoms with Crippen molar-refractivity contribution in [2.45, 2.75) is 54.9 Å². The normalized spacial score (nSPS) is 19.3. The largest absolute Gasteiger partial charge is 0.338 e. The maximum Gasteiger partial charge on any atom is 0.0450 e. The molecule has 1 nitrogen and oxygen atoms in total. The van der Waals surface area contributed by atoms with Gasteiger partial charge in [-0.15, -0.1) is 11.8 Å². The van der Waals surface area contributed by atoms with Crippen molar-refractivity contribution in [2.75, 3.05) is 11.2 Å². The van der Waals surface area contributed by atoms with Crippen molar-refractivity contribution in [3.63, 3.8) is 0 Å². The number of hydrogen-bond acceptors (Lipinski definition) is 3. The van der Waals surface area contributed by atoms with Crippen molar-refractivity contribution in [1.29, 1.82) is 0 Å². The number of allylic oxidation sites excluding steroid dienone is 3. The van der Waals surface area contributed by atoms with Crippen molar-refractivity contribution in [3.8, 4) is 0 Å². The first-order chi connectivity index (χ1) is 17.0. The quantitative estimate of drug-likeness (QED) is 0.237. The second-order valence-corrected chi connectivity index (χ2v) is 11.6. The molecule has 0 saturated heterocycles. The Bertz CT molecular complexity index is 1290. The Labute approximate surface area is 219 Å². The third-order valence-electron chi connectivity index (χ3n) is 7.13. The summed E-state index contributed by atoms with van der Waals surface area (Å²) in [4.78, 5) is 6.25. The van der Waals surface area contributed by atoms with E-state index in [0.29, 0.717) is 12.0 Å². The third-order valence-corrected chi connectivity index (χ3v) is 8.94. The summed E-state index contributed by atoms with van der Waals surface area (Å²) in [6.45, 7) is 8.56. The Hall–Kier alpha value is -2.62. The van der Waals surface area contributed by atoms with Crippen LogP contribution in [0.1, 0.15) is 48.8 Å². The Morgan fingerprint density at radius 2 is 1.83 bits per heavy atom. The molecule has 0 bridgehead atoms. The highest BCUT2D eigenvalue weighted by Crippen LogP contribution is 2.52. The fourth-order valence-corrected chi connectivity index (χ4v) is 6.74. The zero-order valence-electron chi connectivity index (χ0n) is 20.8. The summed E-state index contributed by atoms with van der Waals surface area (Å²) in [7, 11) is 0. The average Bonchev–Trinajstić information content (AvgIpc) is 3.45. The molecule has 1 saturated carbocycles. The topological polar surface area (TPSA) is 3.24 Å². The van der Waals surface area contributed by atoms with Gasteiger partial charge in [-0.2, -0.15) is 0 Å². The molecule has 0 amide bonds. The molecule has 3 heteroatoms. The summed E-state index contributed by atoms with van der Waals surface area (Å²) >= 11 is 3.54. The molecule has 0 radical (unpaired) electrons. The van der Waals surface area contributed by atoms with Crippen LogP contribution in [0, 0.1) is 6.92 Å². The minimum Gasteiger partial charge on any atom is -0.338 e. The van der Waals surface area contributed by atoms with Gasteiger partial charge in [0.1, 0.15) is 0 Å². The average molecular weight is 496 g/mol. The van der Waals surface area contributed by atoms with Crippen molar-refractivity contribution >= 4 is 41.0 Å². The van der Waals surface area contributed by atoms with Gasteiger partial charge in [-0.1, -0.05) is 66.8 Å². The minimum atomic E-state index is 0.591. The van der Waals surface area contributed by atoms with E-state index in [1.54, 1.807) is 23.5 Å². The highest BCUT2D eigenvalue weighted by molar-refractivity contribution is 8.03. The molecule has 0 N–H and O–H groups in total. The van der Waals surface area contributed by atoms with Crippen molar-refractivity contribution in [1.82, 2.24) is 0 Å². The first kappa shape index (κ1) is 24.1. The Morgan fingerprint density at radius 3 is 2.60 bits per heavy atom. The highest BCUT2D eigenvalue weighted by atomic mass is 32.2. The van der Waals surface area contributed by atoms with Crippen LogP contribution in [0.2, 0.25) is 0 Å². The van der Waals surface area contributed by atoms with Gasteiger partial charge in [0, 0.05) is 38.0 Å². The molecule has 2 aliphatic rings. The predicted octanol–water partition coefficient (Wildman–Crippen LogP) is 9.77. The summed E-state index contributed by atoms with van der Waals surface area (Å²) < 4.78 is 0. The molecule has 35 heavy (non-hydrogen) atoms. The van der Waals surface area contributed by atoms with E-state index in [1.807, 2.05) is 0 Å². The first-order valence-corrected chi connectivity index (χ1v) is 14.4. The maximum absolute atomic E-state index is 4.26. The summed E-state index contributed by atoms with van der Waals surface area (Å²) in [6.07, 6.45) is 12.7. The lowest BCUT2D eigenvalue weighted by Crippen LogP contribution is -2.26. The Balaban J connectivity index is 1.34. The van der Waals surface area contributed by atoms with Crippen molar-refractivity contribution in [2.24, 2.45) is 0 Å². The molecule has 1 fully saturated rings. The highest BCUT2D eigenvalue weighted by Gasteiger charge is 2.41. The van der Waals surface area contributed by atoms with E-state index in [4.69, 9.17) is 0 Å². The number of anilines is 2. The number of aryl methyl sites for hydroxylation is 1.